The molecule has 3 rings (SSSR count). The van der Waals surface area contributed by atoms with Crippen LogP contribution in [-0.2, 0) is 6.54 Å². The van der Waals surface area contributed by atoms with Gasteiger partial charge in [-0.15, -0.1) is 0 Å². The molecule has 0 saturated carbocycles. The first-order chi connectivity index (χ1) is 8.33. The van der Waals surface area contributed by atoms with Gasteiger partial charge in [0.25, 0.3) is 0 Å². The van der Waals surface area contributed by atoms with E-state index in [2.05, 4.69) is 20.3 Å². The Morgan fingerprint density at radius 3 is 3.18 bits per heavy atom. The van der Waals surface area contributed by atoms with Crippen LogP contribution in [0, 0.1) is 6.92 Å². The zero-order chi connectivity index (χ0) is 11.7. The van der Waals surface area contributed by atoms with Crippen molar-refractivity contribution in [2.75, 3.05) is 5.32 Å². The summed E-state index contributed by atoms with van der Waals surface area (Å²) in [6.45, 7) is 2.61. The van der Waals surface area contributed by atoms with Gasteiger partial charge < -0.3 is 14.7 Å². The molecule has 2 N–H and O–H groups in total. The van der Waals surface area contributed by atoms with Gasteiger partial charge in [-0.2, -0.15) is 0 Å². The molecule has 3 heterocycles. The molecule has 0 radical (unpaired) electrons. The molecule has 0 saturated heterocycles. The summed E-state index contributed by atoms with van der Waals surface area (Å²) in [6, 6.07) is 5.82. The highest BCUT2D eigenvalue weighted by Gasteiger charge is 2.06. The van der Waals surface area contributed by atoms with Crippen molar-refractivity contribution in [2.24, 2.45) is 0 Å². The lowest BCUT2D eigenvalue weighted by Crippen LogP contribution is -2.01. The van der Waals surface area contributed by atoms with E-state index in [1.54, 1.807) is 12.6 Å². The summed E-state index contributed by atoms with van der Waals surface area (Å²) in [6.07, 6.45) is 3.20. The molecule has 0 aliphatic heterocycles. The Morgan fingerprint density at radius 1 is 1.41 bits per heavy atom. The number of nitrogens with zero attached hydrogens (tertiary/aromatic N) is 2. The number of aromatic amines is 1. The van der Waals surface area contributed by atoms with Crippen LogP contribution in [0.25, 0.3) is 11.0 Å². The van der Waals surface area contributed by atoms with Crippen LogP contribution in [0.2, 0.25) is 0 Å². The van der Waals surface area contributed by atoms with Gasteiger partial charge in [-0.1, -0.05) is 0 Å². The quantitative estimate of drug-likeness (QED) is 0.722. The van der Waals surface area contributed by atoms with Crippen LogP contribution in [0.1, 0.15) is 11.5 Å². The summed E-state index contributed by atoms with van der Waals surface area (Å²) in [5.74, 6) is 1.69. The number of anilines is 1. The highest BCUT2D eigenvalue weighted by Crippen LogP contribution is 2.20. The number of rotatable bonds is 3. The van der Waals surface area contributed by atoms with Gasteiger partial charge in [-0.3, -0.25) is 0 Å². The number of nitrogens with one attached hydrogen (secondary N) is 2. The Labute approximate surface area is 97.9 Å². The lowest BCUT2D eigenvalue weighted by Gasteiger charge is -2.03. The van der Waals surface area contributed by atoms with E-state index in [-0.39, 0.29) is 0 Å². The topological polar surface area (TPSA) is 66.7 Å². The monoisotopic (exact) mass is 228 g/mol. The van der Waals surface area contributed by atoms with Gasteiger partial charge in [0.15, 0.2) is 0 Å². The predicted octanol–water partition coefficient (Wildman–Crippen LogP) is 2.47. The highest BCUT2D eigenvalue weighted by atomic mass is 16.3. The highest BCUT2D eigenvalue weighted by molar-refractivity contribution is 5.87. The van der Waals surface area contributed by atoms with Crippen molar-refractivity contribution in [1.29, 1.82) is 0 Å². The first-order valence-corrected chi connectivity index (χ1v) is 5.39. The molecule has 86 valence electrons. The second-order valence-electron chi connectivity index (χ2n) is 3.87. The molecule has 5 nitrogen and oxygen atoms in total. The lowest BCUT2D eigenvalue weighted by molar-refractivity contribution is 0.518. The van der Waals surface area contributed by atoms with Crippen molar-refractivity contribution in [3.8, 4) is 0 Å². The first kappa shape index (κ1) is 9.89. The number of hydrogen-bond acceptors (Lipinski definition) is 4. The third-order valence-corrected chi connectivity index (χ3v) is 2.57. The average molecular weight is 228 g/mol. The summed E-state index contributed by atoms with van der Waals surface area (Å²) in [7, 11) is 0. The zero-order valence-electron chi connectivity index (χ0n) is 9.40. The smallest absolute Gasteiger partial charge is 0.143 e. The number of aromatic nitrogens is 3. The van der Waals surface area contributed by atoms with Gasteiger partial charge in [0, 0.05) is 5.69 Å². The summed E-state index contributed by atoms with van der Waals surface area (Å²) < 4.78 is 5.26. The van der Waals surface area contributed by atoms with E-state index < -0.39 is 0 Å². The van der Waals surface area contributed by atoms with Crippen molar-refractivity contribution in [2.45, 2.75) is 13.5 Å². The van der Waals surface area contributed by atoms with Gasteiger partial charge in [-0.05, 0) is 25.1 Å². The molecule has 0 unspecified atom stereocenters. The van der Waals surface area contributed by atoms with E-state index in [9.17, 15) is 0 Å². The fraction of sp³-hybridized carbons (Fsp3) is 0.167. The molecule has 3 aromatic heterocycles. The van der Waals surface area contributed by atoms with E-state index in [1.807, 2.05) is 25.1 Å². The molecule has 0 amide bonds. The Balaban J connectivity index is 1.89. The average Bonchev–Trinajstić information content (AvgIpc) is 2.93. The molecule has 0 aliphatic rings. The van der Waals surface area contributed by atoms with Gasteiger partial charge in [0.05, 0.1) is 18.2 Å². The van der Waals surface area contributed by atoms with Gasteiger partial charge >= 0.3 is 0 Å². The Bertz CT molecular complexity index is 627. The van der Waals surface area contributed by atoms with Crippen molar-refractivity contribution >= 4 is 16.9 Å². The van der Waals surface area contributed by atoms with E-state index in [0.29, 0.717) is 6.54 Å². The number of fused-ring (bicyclic) bond motifs is 1. The number of aryl methyl sites for hydroxylation is 1. The second-order valence-corrected chi connectivity index (χ2v) is 3.87. The van der Waals surface area contributed by atoms with Crippen LogP contribution in [0.5, 0.6) is 0 Å². The SMILES string of the molecule is Cc1cc2c(NCc3ccco3)ncnc2[nH]1. The summed E-state index contributed by atoms with van der Waals surface area (Å²) in [4.78, 5) is 11.6. The minimum Gasteiger partial charge on any atom is -0.467 e. The van der Waals surface area contributed by atoms with Crippen molar-refractivity contribution in [1.82, 2.24) is 15.0 Å². The maximum Gasteiger partial charge on any atom is 0.143 e. The van der Waals surface area contributed by atoms with Crippen LogP contribution in [0.4, 0.5) is 5.82 Å². The fourth-order valence-electron chi connectivity index (χ4n) is 1.80. The third-order valence-electron chi connectivity index (χ3n) is 2.57. The molecule has 0 atom stereocenters. The standard InChI is InChI=1S/C12H12N4O/c1-8-5-10-11(14-7-15-12(10)16-8)13-6-9-3-2-4-17-9/h2-5,7H,6H2,1H3,(H2,13,14,15,16). The predicted molar refractivity (Wildman–Crippen MR) is 64.7 cm³/mol. The Morgan fingerprint density at radius 2 is 2.35 bits per heavy atom. The van der Waals surface area contributed by atoms with E-state index >= 15 is 0 Å². The minimum atomic E-state index is 0.614. The maximum atomic E-state index is 5.26. The van der Waals surface area contributed by atoms with Crippen LogP contribution >= 0.6 is 0 Å². The molecular weight excluding hydrogens is 216 g/mol. The number of furan rings is 1. The molecule has 5 heteroatoms. The second kappa shape index (κ2) is 3.93. The van der Waals surface area contributed by atoms with Crippen molar-refractivity contribution in [3.05, 3.63) is 42.2 Å². The van der Waals surface area contributed by atoms with E-state index in [0.717, 1.165) is 28.3 Å². The van der Waals surface area contributed by atoms with Crippen LogP contribution in [-0.4, -0.2) is 15.0 Å². The molecule has 3 aromatic rings. The molecular formula is C12H12N4O. The molecule has 17 heavy (non-hydrogen) atoms. The van der Waals surface area contributed by atoms with Crippen LogP contribution in [0.3, 0.4) is 0 Å². The molecule has 0 aliphatic carbocycles. The van der Waals surface area contributed by atoms with Crippen LogP contribution < -0.4 is 5.32 Å². The van der Waals surface area contributed by atoms with E-state index in [4.69, 9.17) is 4.42 Å². The lowest BCUT2D eigenvalue weighted by atomic mass is 10.3. The van der Waals surface area contributed by atoms with Gasteiger partial charge in [0.2, 0.25) is 0 Å². The van der Waals surface area contributed by atoms with Gasteiger partial charge in [0.1, 0.15) is 23.6 Å². The molecule has 0 bridgehead atoms. The number of hydrogen-bond donors (Lipinski definition) is 2. The van der Waals surface area contributed by atoms with Crippen LogP contribution in [0.15, 0.2) is 35.2 Å². The van der Waals surface area contributed by atoms with Crippen molar-refractivity contribution < 1.29 is 4.42 Å². The Kier molecular flexibility index (Phi) is 2.29. The summed E-state index contributed by atoms with van der Waals surface area (Å²) >= 11 is 0. The third kappa shape index (κ3) is 1.87. The van der Waals surface area contributed by atoms with E-state index in [1.165, 1.54) is 0 Å². The maximum absolute atomic E-state index is 5.26. The first-order valence-electron chi connectivity index (χ1n) is 5.39. The summed E-state index contributed by atoms with van der Waals surface area (Å²) in [5.41, 5.74) is 1.92. The van der Waals surface area contributed by atoms with Gasteiger partial charge in [-0.25, -0.2) is 9.97 Å². The molecule has 0 aromatic carbocycles. The summed E-state index contributed by atoms with van der Waals surface area (Å²) in [5, 5.41) is 4.24. The molecule has 0 spiro atoms. The minimum absolute atomic E-state index is 0.614. The van der Waals surface area contributed by atoms with Crippen molar-refractivity contribution in [3.63, 3.8) is 0 Å². The Hall–Kier alpha value is -2.30. The fourth-order valence-corrected chi connectivity index (χ4v) is 1.80. The normalized spacial score (nSPS) is 10.9. The number of H-pyrrole nitrogens is 1. The zero-order valence-corrected chi connectivity index (χ0v) is 9.40. The molecule has 0 fully saturated rings. The largest absolute Gasteiger partial charge is 0.467 e.